The molecule has 27 heavy (non-hydrogen) atoms. The Hall–Kier alpha value is -1.95. The molecule has 0 fully saturated rings. The summed E-state index contributed by atoms with van der Waals surface area (Å²) in [6.45, 7) is 1.58. The SMILES string of the molecule is Cc1cc(C(F)(F)F)nn1-c1ccc(CNc2nc(Cl)ncc2I)c(F)c1. The van der Waals surface area contributed by atoms with E-state index in [0.717, 1.165) is 16.8 Å². The predicted octanol–water partition coefficient (Wildman–Crippen LogP) is 5.00. The highest BCUT2D eigenvalue weighted by Crippen LogP contribution is 2.29. The van der Waals surface area contributed by atoms with Gasteiger partial charge in [0.25, 0.3) is 0 Å². The van der Waals surface area contributed by atoms with E-state index in [0.29, 0.717) is 15.0 Å². The fourth-order valence-electron chi connectivity index (χ4n) is 2.33. The second-order valence-electron chi connectivity index (χ2n) is 5.55. The number of halogens is 6. The number of aromatic nitrogens is 4. The van der Waals surface area contributed by atoms with Crippen LogP contribution in [-0.2, 0) is 12.7 Å². The molecule has 3 rings (SSSR count). The second kappa shape index (κ2) is 7.58. The lowest BCUT2D eigenvalue weighted by atomic mass is 10.2. The zero-order valence-corrected chi connectivity index (χ0v) is 16.6. The maximum absolute atomic E-state index is 14.4. The number of alkyl halides is 3. The molecular weight excluding hydrogens is 501 g/mol. The minimum Gasteiger partial charge on any atom is -0.365 e. The van der Waals surface area contributed by atoms with E-state index in [1.165, 1.54) is 25.3 Å². The van der Waals surface area contributed by atoms with Gasteiger partial charge in [-0.3, -0.25) is 0 Å². The van der Waals surface area contributed by atoms with Crippen LogP contribution in [0.1, 0.15) is 17.0 Å². The van der Waals surface area contributed by atoms with E-state index in [4.69, 9.17) is 11.6 Å². The number of nitrogens with one attached hydrogen (secondary N) is 1. The number of benzene rings is 1. The van der Waals surface area contributed by atoms with Crippen LogP contribution in [0.5, 0.6) is 0 Å². The summed E-state index contributed by atoms with van der Waals surface area (Å²) < 4.78 is 54.5. The second-order valence-corrected chi connectivity index (χ2v) is 7.05. The van der Waals surface area contributed by atoms with Gasteiger partial charge in [0.1, 0.15) is 11.6 Å². The summed E-state index contributed by atoms with van der Waals surface area (Å²) in [7, 11) is 0. The van der Waals surface area contributed by atoms with Gasteiger partial charge >= 0.3 is 6.18 Å². The number of anilines is 1. The fraction of sp³-hybridized carbons (Fsp3) is 0.188. The molecule has 11 heteroatoms. The molecule has 1 N–H and O–H groups in total. The van der Waals surface area contributed by atoms with Crippen LogP contribution in [0.25, 0.3) is 5.69 Å². The Labute approximate surface area is 169 Å². The zero-order chi connectivity index (χ0) is 19.8. The molecule has 142 valence electrons. The highest BCUT2D eigenvalue weighted by Gasteiger charge is 2.34. The highest BCUT2D eigenvalue weighted by atomic mass is 127. The first-order valence-electron chi connectivity index (χ1n) is 7.49. The van der Waals surface area contributed by atoms with Crippen molar-refractivity contribution in [2.45, 2.75) is 19.6 Å². The molecule has 0 amide bonds. The average molecular weight is 512 g/mol. The van der Waals surface area contributed by atoms with E-state index in [1.54, 1.807) is 0 Å². The smallest absolute Gasteiger partial charge is 0.365 e. The number of nitrogens with zero attached hydrogens (tertiary/aromatic N) is 4. The lowest BCUT2D eigenvalue weighted by molar-refractivity contribution is -0.141. The minimum atomic E-state index is -4.56. The van der Waals surface area contributed by atoms with Crippen molar-refractivity contribution in [3.05, 3.63) is 62.1 Å². The van der Waals surface area contributed by atoms with Gasteiger partial charge in [0.05, 0.1) is 9.26 Å². The Morgan fingerprint density at radius 3 is 2.63 bits per heavy atom. The molecule has 0 bridgehead atoms. The molecule has 0 spiro atoms. The van der Waals surface area contributed by atoms with Gasteiger partial charge in [0.2, 0.25) is 5.28 Å². The molecule has 0 saturated heterocycles. The molecular formula is C16H11ClF4IN5. The van der Waals surface area contributed by atoms with Crippen molar-refractivity contribution in [2.75, 3.05) is 5.32 Å². The van der Waals surface area contributed by atoms with Crippen molar-refractivity contribution < 1.29 is 17.6 Å². The normalized spacial score (nSPS) is 11.7. The van der Waals surface area contributed by atoms with Crippen LogP contribution in [0, 0.1) is 16.3 Å². The molecule has 0 saturated carbocycles. The fourth-order valence-corrected chi connectivity index (χ4v) is 2.92. The van der Waals surface area contributed by atoms with Gasteiger partial charge in [-0.25, -0.2) is 14.1 Å². The van der Waals surface area contributed by atoms with Crippen LogP contribution in [0.3, 0.4) is 0 Å². The van der Waals surface area contributed by atoms with Crippen molar-refractivity contribution in [3.63, 3.8) is 0 Å². The number of hydrogen-bond donors (Lipinski definition) is 1. The average Bonchev–Trinajstić information content (AvgIpc) is 2.98. The molecule has 0 aliphatic rings. The monoisotopic (exact) mass is 511 g/mol. The Bertz CT molecular complexity index is 989. The Morgan fingerprint density at radius 1 is 1.26 bits per heavy atom. The third-order valence-electron chi connectivity index (χ3n) is 3.62. The van der Waals surface area contributed by atoms with Crippen LogP contribution in [-0.4, -0.2) is 19.7 Å². The van der Waals surface area contributed by atoms with Crippen LogP contribution in [0.2, 0.25) is 5.28 Å². The first-order chi connectivity index (χ1) is 12.6. The van der Waals surface area contributed by atoms with E-state index in [9.17, 15) is 17.6 Å². The summed E-state index contributed by atoms with van der Waals surface area (Å²) in [6, 6.07) is 5.02. The van der Waals surface area contributed by atoms with Crippen molar-refractivity contribution in [3.8, 4) is 5.69 Å². The molecule has 0 aliphatic heterocycles. The molecule has 0 radical (unpaired) electrons. The highest BCUT2D eigenvalue weighted by molar-refractivity contribution is 14.1. The molecule has 0 atom stereocenters. The summed E-state index contributed by atoms with van der Waals surface area (Å²) in [6.07, 6.45) is -3.04. The lowest BCUT2D eigenvalue weighted by Gasteiger charge is -2.10. The van der Waals surface area contributed by atoms with E-state index < -0.39 is 17.7 Å². The van der Waals surface area contributed by atoms with Crippen molar-refractivity contribution in [2.24, 2.45) is 0 Å². The van der Waals surface area contributed by atoms with Gasteiger partial charge in [0, 0.05) is 24.0 Å². The van der Waals surface area contributed by atoms with E-state index in [-0.39, 0.29) is 23.2 Å². The summed E-state index contributed by atoms with van der Waals surface area (Å²) in [5, 5.41) is 6.52. The van der Waals surface area contributed by atoms with E-state index in [2.05, 4.69) is 20.4 Å². The van der Waals surface area contributed by atoms with Gasteiger partial charge < -0.3 is 5.32 Å². The molecule has 0 aliphatic carbocycles. The summed E-state index contributed by atoms with van der Waals surface area (Å²) in [5.74, 6) is -0.129. The lowest BCUT2D eigenvalue weighted by Crippen LogP contribution is -2.09. The van der Waals surface area contributed by atoms with Crippen molar-refractivity contribution in [1.29, 1.82) is 0 Å². The summed E-state index contributed by atoms with van der Waals surface area (Å²) >= 11 is 7.75. The Morgan fingerprint density at radius 2 is 2.00 bits per heavy atom. The van der Waals surface area contributed by atoms with Crippen LogP contribution in [0.15, 0.2) is 30.5 Å². The summed E-state index contributed by atoms with van der Waals surface area (Å²) in [4.78, 5) is 7.84. The largest absolute Gasteiger partial charge is 0.435 e. The van der Waals surface area contributed by atoms with E-state index >= 15 is 0 Å². The maximum Gasteiger partial charge on any atom is 0.435 e. The Balaban J connectivity index is 1.82. The molecule has 2 aromatic heterocycles. The molecule has 5 nitrogen and oxygen atoms in total. The predicted molar refractivity (Wildman–Crippen MR) is 100 cm³/mol. The number of hydrogen-bond acceptors (Lipinski definition) is 4. The third kappa shape index (κ3) is 4.49. The Kier molecular flexibility index (Phi) is 5.56. The molecule has 1 aromatic carbocycles. The maximum atomic E-state index is 14.4. The van der Waals surface area contributed by atoms with Crippen molar-refractivity contribution in [1.82, 2.24) is 19.7 Å². The zero-order valence-electron chi connectivity index (χ0n) is 13.7. The molecule has 0 unspecified atom stereocenters. The van der Waals surface area contributed by atoms with Gasteiger partial charge in [0.15, 0.2) is 5.69 Å². The third-order valence-corrected chi connectivity index (χ3v) is 4.59. The van der Waals surface area contributed by atoms with Crippen molar-refractivity contribution >= 4 is 40.0 Å². The number of aryl methyl sites for hydroxylation is 1. The van der Waals surface area contributed by atoms with Gasteiger partial charge in [-0.05, 0) is 59.3 Å². The van der Waals surface area contributed by atoms with Crippen LogP contribution in [0.4, 0.5) is 23.4 Å². The van der Waals surface area contributed by atoms with Crippen LogP contribution < -0.4 is 5.32 Å². The standard InChI is InChI=1S/C16H11ClF4IN5/c1-8-4-13(16(19,20)21)26-27(8)10-3-2-9(11(18)5-10)6-23-14-12(22)7-24-15(17)25-14/h2-5,7H,6H2,1H3,(H,23,24,25). The number of rotatable bonds is 4. The first kappa shape index (κ1) is 19.8. The molecule has 3 aromatic rings. The summed E-state index contributed by atoms with van der Waals surface area (Å²) in [5.41, 5.74) is -0.270. The van der Waals surface area contributed by atoms with Gasteiger partial charge in [-0.15, -0.1) is 0 Å². The van der Waals surface area contributed by atoms with Gasteiger partial charge in [-0.2, -0.15) is 23.3 Å². The molecule has 2 heterocycles. The topological polar surface area (TPSA) is 55.6 Å². The van der Waals surface area contributed by atoms with E-state index in [1.807, 2.05) is 22.6 Å². The minimum absolute atomic E-state index is 0.0587. The van der Waals surface area contributed by atoms with Gasteiger partial charge in [-0.1, -0.05) is 6.07 Å². The first-order valence-corrected chi connectivity index (χ1v) is 8.95. The van der Waals surface area contributed by atoms with Crippen LogP contribution >= 0.6 is 34.2 Å². The quantitative estimate of drug-likeness (QED) is 0.304.